The Morgan fingerprint density at radius 2 is 1.72 bits per heavy atom. The Hall–Kier alpha value is -5.22. The molecule has 7 heteroatoms. The molecule has 0 spiro atoms. The highest BCUT2D eigenvalue weighted by molar-refractivity contribution is 5.91. The maximum Gasteiger partial charge on any atom is 0.343 e. The number of hydrogen-bond donors (Lipinski definition) is 1. The molecule has 1 heterocycles. The van der Waals surface area contributed by atoms with Crippen LogP contribution in [0.5, 0.6) is 23.0 Å². The van der Waals surface area contributed by atoms with Crippen molar-refractivity contribution in [2.45, 2.75) is 19.4 Å². The Morgan fingerprint density at radius 1 is 0.949 bits per heavy atom. The molecule has 0 radical (unpaired) electrons. The molecule has 4 aromatic rings. The van der Waals surface area contributed by atoms with Gasteiger partial charge in [0.25, 0.3) is 0 Å². The molecule has 4 aromatic carbocycles. The van der Waals surface area contributed by atoms with Gasteiger partial charge < -0.3 is 24.7 Å². The molecule has 7 nitrogen and oxygen atoms in total. The van der Waals surface area contributed by atoms with Gasteiger partial charge >= 0.3 is 5.97 Å². The third kappa shape index (κ3) is 5.55. The highest BCUT2D eigenvalue weighted by Gasteiger charge is 2.31. The topological polar surface area (TPSA) is 104 Å². The van der Waals surface area contributed by atoms with Crippen LogP contribution < -0.4 is 24.7 Å². The van der Waals surface area contributed by atoms with E-state index in [4.69, 9.17) is 24.7 Å². The standard InChI is InChI=1S/C32H26N2O5/c1-20-9-11-21(12-10-20)19-37-25-8-3-5-22(15-25)30-27-14-13-26(17-29(27)39-31(34)28(30)18-33)38-32(35)23-6-4-7-24(16-23)36-2/h3-17,30H,19,34H2,1-2H3. The minimum Gasteiger partial charge on any atom is -0.497 e. The number of nitrogens with zero attached hydrogens (tertiary/aromatic N) is 1. The molecular weight excluding hydrogens is 492 g/mol. The number of allylic oxidation sites excluding steroid dienone is 1. The van der Waals surface area contributed by atoms with Crippen molar-refractivity contribution in [3.8, 4) is 29.1 Å². The molecule has 0 amide bonds. The minimum absolute atomic E-state index is 0.00255. The summed E-state index contributed by atoms with van der Waals surface area (Å²) in [6.07, 6.45) is 0. The first kappa shape index (κ1) is 25.4. The van der Waals surface area contributed by atoms with Crippen molar-refractivity contribution in [2.24, 2.45) is 5.73 Å². The molecule has 1 atom stereocenters. The SMILES string of the molecule is COc1cccc(C(=O)Oc2ccc3c(c2)OC(N)=C(C#N)C3c2cccc(OCc3ccc(C)cc3)c2)c1. The Bertz CT molecular complexity index is 1600. The zero-order valence-corrected chi connectivity index (χ0v) is 21.5. The largest absolute Gasteiger partial charge is 0.497 e. The lowest BCUT2D eigenvalue weighted by molar-refractivity contribution is 0.0734. The quantitative estimate of drug-likeness (QED) is 0.236. The molecule has 0 fully saturated rings. The summed E-state index contributed by atoms with van der Waals surface area (Å²) < 4.78 is 22.6. The summed E-state index contributed by atoms with van der Waals surface area (Å²) in [4.78, 5) is 12.7. The Labute approximate surface area is 226 Å². The van der Waals surface area contributed by atoms with E-state index in [1.54, 1.807) is 42.5 Å². The highest BCUT2D eigenvalue weighted by Crippen LogP contribution is 2.44. The van der Waals surface area contributed by atoms with Crippen LogP contribution in [0, 0.1) is 18.3 Å². The predicted octanol–water partition coefficient (Wildman–Crippen LogP) is 6.02. The number of methoxy groups -OCH3 is 1. The molecule has 0 saturated heterocycles. The molecular formula is C32H26N2O5. The van der Waals surface area contributed by atoms with Crippen LogP contribution in [0.15, 0.2) is 102 Å². The number of fused-ring (bicyclic) bond motifs is 1. The average Bonchev–Trinajstić information content (AvgIpc) is 2.96. The summed E-state index contributed by atoms with van der Waals surface area (Å²) in [5.41, 5.74) is 10.6. The van der Waals surface area contributed by atoms with E-state index in [0.717, 1.165) is 16.7 Å². The third-order valence-corrected chi connectivity index (χ3v) is 6.42. The van der Waals surface area contributed by atoms with Crippen LogP contribution in [0.4, 0.5) is 0 Å². The van der Waals surface area contributed by atoms with Gasteiger partial charge in [0.15, 0.2) is 0 Å². The molecule has 1 unspecified atom stereocenters. The van der Waals surface area contributed by atoms with Crippen LogP contribution in [0.3, 0.4) is 0 Å². The highest BCUT2D eigenvalue weighted by atomic mass is 16.5. The summed E-state index contributed by atoms with van der Waals surface area (Å²) in [7, 11) is 1.53. The molecule has 0 saturated carbocycles. The van der Waals surface area contributed by atoms with Crippen molar-refractivity contribution in [1.82, 2.24) is 0 Å². The lowest BCUT2D eigenvalue weighted by atomic mass is 9.83. The second-order valence-electron chi connectivity index (χ2n) is 9.09. The number of rotatable bonds is 7. The maximum absolute atomic E-state index is 12.7. The molecule has 1 aliphatic rings. The number of carbonyl (C=O) groups excluding carboxylic acids is 1. The van der Waals surface area contributed by atoms with Crippen molar-refractivity contribution in [2.75, 3.05) is 7.11 Å². The first-order valence-corrected chi connectivity index (χ1v) is 12.3. The van der Waals surface area contributed by atoms with Crippen molar-refractivity contribution in [3.63, 3.8) is 0 Å². The normalized spacial score (nSPS) is 14.0. The van der Waals surface area contributed by atoms with Crippen LogP contribution in [0.25, 0.3) is 0 Å². The summed E-state index contributed by atoms with van der Waals surface area (Å²) in [5.74, 6) is 0.874. The summed E-state index contributed by atoms with van der Waals surface area (Å²) >= 11 is 0. The molecule has 5 rings (SSSR count). The van der Waals surface area contributed by atoms with E-state index >= 15 is 0 Å². The van der Waals surface area contributed by atoms with Crippen molar-refractivity contribution < 1.29 is 23.7 Å². The number of aryl methyl sites for hydroxylation is 1. The first-order valence-electron chi connectivity index (χ1n) is 12.3. The Kier molecular flexibility index (Phi) is 7.19. The number of ether oxygens (including phenoxy) is 4. The predicted molar refractivity (Wildman–Crippen MR) is 146 cm³/mol. The zero-order valence-electron chi connectivity index (χ0n) is 21.5. The van der Waals surface area contributed by atoms with Gasteiger partial charge in [0, 0.05) is 11.6 Å². The fourth-order valence-corrected chi connectivity index (χ4v) is 4.39. The Morgan fingerprint density at radius 3 is 2.49 bits per heavy atom. The molecule has 2 N–H and O–H groups in total. The molecule has 194 valence electrons. The van der Waals surface area contributed by atoms with Gasteiger partial charge in [-0.1, -0.05) is 54.1 Å². The number of nitriles is 1. The van der Waals surface area contributed by atoms with E-state index in [1.165, 1.54) is 12.7 Å². The fraction of sp³-hybridized carbons (Fsp3) is 0.125. The summed E-state index contributed by atoms with van der Waals surface area (Å²) in [5, 5.41) is 9.93. The third-order valence-electron chi connectivity index (χ3n) is 6.42. The van der Waals surface area contributed by atoms with Gasteiger partial charge in [0.05, 0.1) is 18.6 Å². The maximum atomic E-state index is 12.7. The number of esters is 1. The lowest BCUT2D eigenvalue weighted by Gasteiger charge is -2.27. The van der Waals surface area contributed by atoms with Gasteiger partial charge in [-0.15, -0.1) is 0 Å². The van der Waals surface area contributed by atoms with Crippen LogP contribution >= 0.6 is 0 Å². The number of hydrogen-bond acceptors (Lipinski definition) is 7. The molecule has 0 bridgehead atoms. The molecule has 0 aromatic heterocycles. The summed E-state index contributed by atoms with van der Waals surface area (Å²) in [6, 6.07) is 29.7. The van der Waals surface area contributed by atoms with Crippen molar-refractivity contribution >= 4 is 5.97 Å². The van der Waals surface area contributed by atoms with E-state index < -0.39 is 11.9 Å². The van der Waals surface area contributed by atoms with E-state index in [0.29, 0.717) is 35.0 Å². The second-order valence-corrected chi connectivity index (χ2v) is 9.09. The smallest absolute Gasteiger partial charge is 0.343 e. The van der Waals surface area contributed by atoms with Crippen molar-refractivity contribution in [3.05, 3.63) is 130 Å². The van der Waals surface area contributed by atoms with E-state index in [2.05, 4.69) is 6.07 Å². The van der Waals surface area contributed by atoms with Gasteiger partial charge in [-0.3, -0.25) is 0 Å². The summed E-state index contributed by atoms with van der Waals surface area (Å²) in [6.45, 7) is 2.46. The first-order chi connectivity index (χ1) is 18.9. The molecule has 0 aliphatic carbocycles. The van der Waals surface area contributed by atoms with Gasteiger partial charge in [-0.05, 0) is 54.4 Å². The van der Waals surface area contributed by atoms with Gasteiger partial charge in [0.1, 0.15) is 41.2 Å². The fourth-order valence-electron chi connectivity index (χ4n) is 4.39. The lowest BCUT2D eigenvalue weighted by Crippen LogP contribution is -2.21. The van der Waals surface area contributed by atoms with Crippen LogP contribution in [-0.2, 0) is 6.61 Å². The van der Waals surface area contributed by atoms with E-state index in [1.807, 2.05) is 55.5 Å². The van der Waals surface area contributed by atoms with E-state index in [9.17, 15) is 10.1 Å². The average molecular weight is 519 g/mol. The number of nitrogens with two attached hydrogens (primary N) is 1. The van der Waals surface area contributed by atoms with Gasteiger partial charge in [-0.25, -0.2) is 4.79 Å². The van der Waals surface area contributed by atoms with Crippen LogP contribution in [0.1, 0.15) is 38.5 Å². The van der Waals surface area contributed by atoms with E-state index in [-0.39, 0.29) is 11.6 Å². The number of carbonyl (C=O) groups is 1. The monoisotopic (exact) mass is 518 g/mol. The molecule has 1 aliphatic heterocycles. The molecule has 39 heavy (non-hydrogen) atoms. The minimum atomic E-state index is -0.541. The second kappa shape index (κ2) is 11.0. The van der Waals surface area contributed by atoms with Gasteiger partial charge in [-0.2, -0.15) is 5.26 Å². The van der Waals surface area contributed by atoms with Crippen LogP contribution in [0.2, 0.25) is 0 Å². The van der Waals surface area contributed by atoms with Crippen LogP contribution in [-0.4, -0.2) is 13.1 Å². The van der Waals surface area contributed by atoms with Crippen molar-refractivity contribution in [1.29, 1.82) is 5.26 Å². The van der Waals surface area contributed by atoms with Gasteiger partial charge in [0.2, 0.25) is 5.88 Å². The zero-order chi connectivity index (χ0) is 27.4. The number of benzene rings is 4. The Balaban J connectivity index is 1.41.